The molecule has 5 nitrogen and oxygen atoms in total. The predicted octanol–water partition coefficient (Wildman–Crippen LogP) is 1.93. The number of aliphatic hydroxyl groups is 1. The number of hydrogen-bond donors (Lipinski definition) is 1. The third-order valence-corrected chi connectivity index (χ3v) is 4.27. The lowest BCUT2D eigenvalue weighted by Gasteiger charge is -2.18. The first-order valence-corrected chi connectivity index (χ1v) is 7.41. The van der Waals surface area contributed by atoms with E-state index in [1.54, 1.807) is 0 Å². The first-order valence-electron chi connectivity index (χ1n) is 7.41. The molecule has 0 aliphatic heterocycles. The Morgan fingerprint density at radius 2 is 2.05 bits per heavy atom. The highest BCUT2D eigenvalue weighted by Crippen LogP contribution is 2.33. The van der Waals surface area contributed by atoms with Crippen LogP contribution in [0.2, 0.25) is 0 Å². The van der Waals surface area contributed by atoms with Crippen LogP contribution in [-0.4, -0.2) is 39.8 Å². The van der Waals surface area contributed by atoms with Gasteiger partial charge in [-0.15, -0.1) is 0 Å². The molecule has 2 saturated carbocycles. The molecule has 0 bridgehead atoms. The van der Waals surface area contributed by atoms with Crippen molar-refractivity contribution in [3.05, 3.63) is 11.7 Å². The summed E-state index contributed by atoms with van der Waals surface area (Å²) >= 11 is 0. The molecule has 1 aromatic rings. The van der Waals surface area contributed by atoms with E-state index in [2.05, 4.69) is 15.0 Å². The van der Waals surface area contributed by atoms with E-state index in [1.807, 2.05) is 7.05 Å². The zero-order chi connectivity index (χ0) is 13.2. The summed E-state index contributed by atoms with van der Waals surface area (Å²) in [6.07, 6.45) is 7.07. The first-order chi connectivity index (χ1) is 9.22. The normalized spacial score (nSPS) is 22.3. The first kappa shape index (κ1) is 13.1. The minimum Gasteiger partial charge on any atom is -0.392 e. The quantitative estimate of drug-likeness (QED) is 0.851. The molecule has 2 fully saturated rings. The van der Waals surface area contributed by atoms with Crippen LogP contribution in [0.3, 0.4) is 0 Å². The molecule has 1 heterocycles. The minimum absolute atomic E-state index is 0.206. The average molecular weight is 265 g/mol. The molecule has 1 aromatic heterocycles. The van der Waals surface area contributed by atoms with E-state index in [-0.39, 0.29) is 6.10 Å². The standard InChI is InChI=1S/C14H23N3O2/c1-17(8-12(18)10-6-7-10)9-13-15-14(16-19-13)11-4-2-3-5-11/h10-12,18H,2-9H2,1H3. The lowest BCUT2D eigenvalue weighted by molar-refractivity contribution is 0.0992. The van der Waals surface area contributed by atoms with Crippen LogP contribution in [-0.2, 0) is 6.54 Å². The Labute approximate surface area is 114 Å². The molecule has 2 aliphatic carbocycles. The number of likely N-dealkylation sites (N-methyl/N-ethyl adjacent to an activating group) is 1. The Hall–Kier alpha value is -0.940. The molecule has 0 saturated heterocycles. The molecule has 0 amide bonds. The number of nitrogens with zero attached hydrogens (tertiary/aromatic N) is 3. The van der Waals surface area contributed by atoms with Gasteiger partial charge in [-0.05, 0) is 38.6 Å². The number of rotatable bonds is 6. The van der Waals surface area contributed by atoms with Gasteiger partial charge in [0.1, 0.15) is 0 Å². The Morgan fingerprint density at radius 1 is 1.32 bits per heavy atom. The Balaban J connectivity index is 1.51. The van der Waals surface area contributed by atoms with Gasteiger partial charge in [0.25, 0.3) is 0 Å². The number of aliphatic hydroxyl groups excluding tert-OH is 1. The van der Waals surface area contributed by atoms with Gasteiger partial charge in [0.15, 0.2) is 5.82 Å². The van der Waals surface area contributed by atoms with Crippen LogP contribution in [0.15, 0.2) is 4.52 Å². The smallest absolute Gasteiger partial charge is 0.240 e. The van der Waals surface area contributed by atoms with E-state index in [9.17, 15) is 5.11 Å². The van der Waals surface area contributed by atoms with Crippen molar-refractivity contribution in [1.29, 1.82) is 0 Å². The van der Waals surface area contributed by atoms with Crippen molar-refractivity contribution < 1.29 is 9.63 Å². The fraction of sp³-hybridized carbons (Fsp3) is 0.857. The zero-order valence-electron chi connectivity index (χ0n) is 11.6. The summed E-state index contributed by atoms with van der Waals surface area (Å²) in [6.45, 7) is 1.31. The van der Waals surface area contributed by atoms with Crippen molar-refractivity contribution in [3.63, 3.8) is 0 Å². The van der Waals surface area contributed by atoms with Crippen molar-refractivity contribution in [2.75, 3.05) is 13.6 Å². The van der Waals surface area contributed by atoms with Crippen LogP contribution in [0.5, 0.6) is 0 Å². The summed E-state index contributed by atoms with van der Waals surface area (Å²) < 4.78 is 5.32. The molecule has 5 heteroatoms. The maximum absolute atomic E-state index is 9.91. The fourth-order valence-electron chi connectivity index (χ4n) is 2.93. The highest BCUT2D eigenvalue weighted by molar-refractivity contribution is 4.97. The summed E-state index contributed by atoms with van der Waals surface area (Å²) in [5.74, 6) is 2.56. The van der Waals surface area contributed by atoms with E-state index in [1.165, 1.54) is 38.5 Å². The van der Waals surface area contributed by atoms with Gasteiger partial charge >= 0.3 is 0 Å². The Morgan fingerprint density at radius 3 is 2.74 bits per heavy atom. The van der Waals surface area contributed by atoms with Crippen LogP contribution < -0.4 is 0 Å². The largest absolute Gasteiger partial charge is 0.392 e. The Kier molecular flexibility index (Phi) is 3.84. The Bertz CT molecular complexity index is 411. The van der Waals surface area contributed by atoms with Crippen LogP contribution in [0, 0.1) is 5.92 Å². The van der Waals surface area contributed by atoms with Gasteiger partial charge < -0.3 is 9.63 Å². The molecule has 0 aromatic carbocycles. The highest BCUT2D eigenvalue weighted by atomic mass is 16.5. The second kappa shape index (κ2) is 5.59. The van der Waals surface area contributed by atoms with Crippen LogP contribution in [0.1, 0.15) is 56.2 Å². The van der Waals surface area contributed by atoms with Gasteiger partial charge in [0.2, 0.25) is 5.89 Å². The third-order valence-electron chi connectivity index (χ3n) is 4.27. The van der Waals surface area contributed by atoms with Crippen molar-refractivity contribution in [3.8, 4) is 0 Å². The molecule has 0 radical (unpaired) electrons. The third kappa shape index (κ3) is 3.34. The molecule has 0 spiro atoms. The predicted molar refractivity (Wildman–Crippen MR) is 70.6 cm³/mol. The molecular weight excluding hydrogens is 242 g/mol. The summed E-state index contributed by atoms with van der Waals surface area (Å²) in [6, 6.07) is 0. The highest BCUT2D eigenvalue weighted by Gasteiger charge is 2.30. The van der Waals surface area contributed by atoms with Gasteiger partial charge in [0.05, 0.1) is 12.6 Å². The van der Waals surface area contributed by atoms with Gasteiger partial charge in [0, 0.05) is 12.5 Å². The van der Waals surface area contributed by atoms with E-state index >= 15 is 0 Å². The van der Waals surface area contributed by atoms with Gasteiger partial charge in [-0.25, -0.2) is 0 Å². The van der Waals surface area contributed by atoms with Crippen LogP contribution >= 0.6 is 0 Å². The summed E-state index contributed by atoms with van der Waals surface area (Å²) in [7, 11) is 1.99. The number of hydrogen-bond acceptors (Lipinski definition) is 5. The SMILES string of the molecule is CN(Cc1nc(C2CCCC2)no1)CC(O)C1CC1. The molecule has 2 aliphatic rings. The molecule has 1 unspecified atom stereocenters. The maximum Gasteiger partial charge on any atom is 0.240 e. The lowest BCUT2D eigenvalue weighted by Crippen LogP contribution is -2.30. The van der Waals surface area contributed by atoms with Crippen LogP contribution in [0.25, 0.3) is 0 Å². The molecule has 19 heavy (non-hydrogen) atoms. The van der Waals surface area contributed by atoms with Gasteiger partial charge in [-0.2, -0.15) is 4.98 Å². The summed E-state index contributed by atoms with van der Waals surface area (Å²) in [5.41, 5.74) is 0. The average Bonchev–Trinajstić information content (AvgIpc) is 2.89. The van der Waals surface area contributed by atoms with E-state index in [0.717, 1.165) is 5.82 Å². The lowest BCUT2D eigenvalue weighted by atomic mass is 10.1. The molecule has 3 rings (SSSR count). The summed E-state index contributed by atoms with van der Waals surface area (Å²) in [5, 5.41) is 14.0. The topological polar surface area (TPSA) is 62.4 Å². The minimum atomic E-state index is -0.206. The van der Waals surface area contributed by atoms with Gasteiger partial charge in [-0.3, -0.25) is 4.90 Å². The van der Waals surface area contributed by atoms with E-state index in [4.69, 9.17) is 4.52 Å². The van der Waals surface area contributed by atoms with Gasteiger partial charge in [-0.1, -0.05) is 18.0 Å². The van der Waals surface area contributed by atoms with Crippen LogP contribution in [0.4, 0.5) is 0 Å². The second-order valence-corrected chi connectivity index (χ2v) is 6.13. The molecule has 106 valence electrons. The maximum atomic E-state index is 9.91. The van der Waals surface area contributed by atoms with Crippen molar-refractivity contribution in [2.45, 2.75) is 57.1 Å². The number of aromatic nitrogens is 2. The van der Waals surface area contributed by atoms with E-state index in [0.29, 0.717) is 30.8 Å². The van der Waals surface area contributed by atoms with Crippen molar-refractivity contribution >= 4 is 0 Å². The molecule has 1 N–H and O–H groups in total. The fourth-order valence-corrected chi connectivity index (χ4v) is 2.93. The van der Waals surface area contributed by atoms with Crippen molar-refractivity contribution in [2.24, 2.45) is 5.92 Å². The van der Waals surface area contributed by atoms with Crippen molar-refractivity contribution in [1.82, 2.24) is 15.0 Å². The van der Waals surface area contributed by atoms with E-state index < -0.39 is 0 Å². The second-order valence-electron chi connectivity index (χ2n) is 6.13. The molecular formula is C14H23N3O2. The monoisotopic (exact) mass is 265 g/mol. The molecule has 1 atom stereocenters. The summed E-state index contributed by atoms with van der Waals surface area (Å²) in [4.78, 5) is 6.56. The zero-order valence-corrected chi connectivity index (χ0v) is 11.6.